The third kappa shape index (κ3) is 2.21. The first-order valence-electron chi connectivity index (χ1n) is 5.93. The van der Waals surface area contributed by atoms with Gasteiger partial charge in [-0.05, 0) is 43.5 Å². The summed E-state index contributed by atoms with van der Waals surface area (Å²) in [5.41, 5.74) is 1.24. The molecule has 2 rings (SSSR count). The number of methoxy groups -OCH3 is 1. The van der Waals surface area contributed by atoms with Crippen LogP contribution in [0, 0.1) is 0 Å². The lowest BCUT2D eigenvalue weighted by atomic mass is 10.1. The van der Waals surface area contributed by atoms with Gasteiger partial charge < -0.3 is 9.64 Å². The van der Waals surface area contributed by atoms with Crippen LogP contribution in [-0.2, 0) is 0 Å². The Morgan fingerprint density at radius 1 is 1.12 bits per heavy atom. The van der Waals surface area contributed by atoms with Gasteiger partial charge in [0.15, 0.2) is 0 Å². The first-order chi connectivity index (χ1) is 8.13. The largest absolute Gasteiger partial charge is 0.496 e. The third-order valence-corrected chi connectivity index (χ3v) is 3.23. The molecule has 0 atom stereocenters. The summed E-state index contributed by atoms with van der Waals surface area (Å²) in [4.78, 5) is 2.26. The van der Waals surface area contributed by atoms with E-state index in [0.29, 0.717) is 6.04 Å². The Bertz CT molecular complexity index is 519. The van der Waals surface area contributed by atoms with Crippen molar-refractivity contribution in [1.82, 2.24) is 0 Å². The van der Waals surface area contributed by atoms with Crippen LogP contribution in [0.3, 0.4) is 0 Å². The standard InChI is InChI=1S/C15H19NO/c1-11(2)16(3)13-8-9-14-12(10-13)6-5-7-15(14)17-4/h5-11H,1-4H3. The number of benzene rings is 2. The molecule has 0 aliphatic rings. The second kappa shape index (κ2) is 4.66. The molecule has 2 nitrogen and oxygen atoms in total. The SMILES string of the molecule is COc1cccc2cc(N(C)C(C)C)ccc12. The van der Waals surface area contributed by atoms with Gasteiger partial charge in [0.2, 0.25) is 0 Å². The molecular formula is C15H19NO. The molecule has 0 fully saturated rings. The van der Waals surface area contributed by atoms with Crippen LogP contribution < -0.4 is 9.64 Å². The maximum Gasteiger partial charge on any atom is 0.126 e. The average Bonchev–Trinajstić information content (AvgIpc) is 2.36. The zero-order valence-electron chi connectivity index (χ0n) is 10.9. The van der Waals surface area contributed by atoms with Crippen molar-refractivity contribution in [3.8, 4) is 5.75 Å². The molecule has 2 aromatic rings. The Hall–Kier alpha value is -1.70. The fourth-order valence-electron chi connectivity index (χ4n) is 1.94. The van der Waals surface area contributed by atoms with Crippen LogP contribution in [0.4, 0.5) is 5.69 Å². The lowest BCUT2D eigenvalue weighted by Crippen LogP contribution is -2.25. The molecule has 0 aromatic heterocycles. The van der Waals surface area contributed by atoms with E-state index in [2.05, 4.69) is 50.1 Å². The van der Waals surface area contributed by atoms with Crippen LogP contribution in [0.5, 0.6) is 5.75 Å². The summed E-state index contributed by atoms with van der Waals surface area (Å²) in [6.07, 6.45) is 0. The van der Waals surface area contributed by atoms with E-state index in [9.17, 15) is 0 Å². The van der Waals surface area contributed by atoms with Crippen molar-refractivity contribution in [3.63, 3.8) is 0 Å². The number of hydrogen-bond donors (Lipinski definition) is 0. The minimum absolute atomic E-state index is 0.498. The van der Waals surface area contributed by atoms with Gasteiger partial charge in [-0.3, -0.25) is 0 Å². The van der Waals surface area contributed by atoms with Gasteiger partial charge in [0.05, 0.1) is 7.11 Å². The number of nitrogens with zero attached hydrogens (tertiary/aromatic N) is 1. The molecule has 0 saturated carbocycles. The van der Waals surface area contributed by atoms with Crippen molar-refractivity contribution >= 4 is 16.5 Å². The quantitative estimate of drug-likeness (QED) is 0.795. The topological polar surface area (TPSA) is 12.5 Å². The maximum atomic E-state index is 5.36. The predicted molar refractivity (Wildman–Crippen MR) is 74.0 cm³/mol. The highest BCUT2D eigenvalue weighted by molar-refractivity contribution is 5.90. The smallest absolute Gasteiger partial charge is 0.126 e. The van der Waals surface area contributed by atoms with Gasteiger partial charge in [-0.25, -0.2) is 0 Å². The molecule has 2 heteroatoms. The van der Waals surface area contributed by atoms with E-state index < -0.39 is 0 Å². The van der Waals surface area contributed by atoms with Crippen molar-refractivity contribution in [2.75, 3.05) is 19.1 Å². The minimum atomic E-state index is 0.498. The Labute approximate surface area is 103 Å². The van der Waals surface area contributed by atoms with E-state index in [1.807, 2.05) is 12.1 Å². The van der Waals surface area contributed by atoms with Crippen molar-refractivity contribution in [2.24, 2.45) is 0 Å². The molecule has 0 heterocycles. The summed E-state index contributed by atoms with van der Waals surface area (Å²) >= 11 is 0. The molecule has 0 amide bonds. The highest BCUT2D eigenvalue weighted by Gasteiger charge is 2.07. The summed E-state index contributed by atoms with van der Waals surface area (Å²) in [6.45, 7) is 4.38. The van der Waals surface area contributed by atoms with Gasteiger partial charge in [0.1, 0.15) is 5.75 Å². The van der Waals surface area contributed by atoms with E-state index in [1.54, 1.807) is 7.11 Å². The Morgan fingerprint density at radius 3 is 2.53 bits per heavy atom. The van der Waals surface area contributed by atoms with Gasteiger partial charge in [0, 0.05) is 24.2 Å². The normalized spacial score (nSPS) is 10.9. The van der Waals surface area contributed by atoms with Crippen molar-refractivity contribution in [1.29, 1.82) is 0 Å². The molecule has 0 bridgehead atoms. The van der Waals surface area contributed by atoms with Gasteiger partial charge in [-0.1, -0.05) is 12.1 Å². The summed E-state index contributed by atoms with van der Waals surface area (Å²) < 4.78 is 5.36. The Morgan fingerprint density at radius 2 is 1.88 bits per heavy atom. The first-order valence-corrected chi connectivity index (χ1v) is 5.93. The first kappa shape index (κ1) is 11.8. The molecule has 0 spiro atoms. The molecule has 0 unspecified atom stereocenters. The number of hydrogen-bond acceptors (Lipinski definition) is 2. The molecule has 90 valence electrons. The highest BCUT2D eigenvalue weighted by atomic mass is 16.5. The monoisotopic (exact) mass is 229 g/mol. The van der Waals surface area contributed by atoms with E-state index >= 15 is 0 Å². The number of fused-ring (bicyclic) bond motifs is 1. The number of rotatable bonds is 3. The summed E-state index contributed by atoms with van der Waals surface area (Å²) in [5.74, 6) is 0.932. The molecule has 0 aliphatic heterocycles. The van der Waals surface area contributed by atoms with Gasteiger partial charge in [-0.2, -0.15) is 0 Å². The zero-order chi connectivity index (χ0) is 12.4. The Balaban J connectivity index is 2.52. The highest BCUT2D eigenvalue weighted by Crippen LogP contribution is 2.29. The van der Waals surface area contributed by atoms with Crippen LogP contribution >= 0.6 is 0 Å². The van der Waals surface area contributed by atoms with Crippen LogP contribution in [0.1, 0.15) is 13.8 Å². The van der Waals surface area contributed by atoms with Crippen molar-refractivity contribution in [2.45, 2.75) is 19.9 Å². The van der Waals surface area contributed by atoms with Crippen LogP contribution in [0.2, 0.25) is 0 Å². The number of ether oxygens (including phenoxy) is 1. The van der Waals surface area contributed by atoms with Gasteiger partial charge >= 0.3 is 0 Å². The van der Waals surface area contributed by atoms with Gasteiger partial charge in [-0.15, -0.1) is 0 Å². The Kier molecular flexibility index (Phi) is 3.23. The minimum Gasteiger partial charge on any atom is -0.496 e. The molecule has 0 saturated heterocycles. The fourth-order valence-corrected chi connectivity index (χ4v) is 1.94. The van der Waals surface area contributed by atoms with Crippen LogP contribution in [-0.4, -0.2) is 20.2 Å². The molecule has 17 heavy (non-hydrogen) atoms. The molecule has 2 aromatic carbocycles. The second-order valence-electron chi connectivity index (χ2n) is 4.57. The van der Waals surface area contributed by atoms with E-state index in [0.717, 1.165) is 11.1 Å². The fraction of sp³-hybridized carbons (Fsp3) is 0.333. The number of anilines is 1. The molecule has 0 N–H and O–H groups in total. The van der Waals surface area contributed by atoms with Crippen molar-refractivity contribution in [3.05, 3.63) is 36.4 Å². The third-order valence-electron chi connectivity index (χ3n) is 3.23. The molecule has 0 radical (unpaired) electrons. The summed E-state index contributed by atoms with van der Waals surface area (Å²) in [7, 11) is 3.83. The average molecular weight is 229 g/mol. The van der Waals surface area contributed by atoms with Crippen molar-refractivity contribution < 1.29 is 4.74 Å². The van der Waals surface area contributed by atoms with Crippen LogP contribution in [0.15, 0.2) is 36.4 Å². The molecule has 0 aliphatic carbocycles. The van der Waals surface area contributed by atoms with E-state index in [4.69, 9.17) is 4.74 Å². The van der Waals surface area contributed by atoms with E-state index in [1.165, 1.54) is 11.1 Å². The summed E-state index contributed by atoms with van der Waals surface area (Å²) in [6, 6.07) is 13.1. The van der Waals surface area contributed by atoms with Gasteiger partial charge in [0.25, 0.3) is 0 Å². The lowest BCUT2D eigenvalue weighted by Gasteiger charge is -2.24. The lowest BCUT2D eigenvalue weighted by molar-refractivity contribution is 0.420. The predicted octanol–water partition coefficient (Wildman–Crippen LogP) is 3.69. The zero-order valence-corrected chi connectivity index (χ0v) is 10.9. The molecular weight excluding hydrogens is 210 g/mol. The van der Waals surface area contributed by atoms with Crippen LogP contribution in [0.25, 0.3) is 10.8 Å². The second-order valence-corrected chi connectivity index (χ2v) is 4.57. The maximum absolute atomic E-state index is 5.36. The van der Waals surface area contributed by atoms with E-state index in [-0.39, 0.29) is 0 Å². The summed E-state index contributed by atoms with van der Waals surface area (Å²) in [5, 5.41) is 2.38.